The van der Waals surface area contributed by atoms with Gasteiger partial charge in [0.05, 0.1) is 18.8 Å². The monoisotopic (exact) mass is 397 g/mol. The van der Waals surface area contributed by atoms with Gasteiger partial charge in [-0.1, -0.05) is 23.2 Å². The number of methoxy groups -OCH3 is 1. The molecule has 8 heteroatoms. The molecule has 4 aromatic rings. The maximum absolute atomic E-state index is 6.11. The number of fused-ring (bicyclic) bond motifs is 1. The Balaban J connectivity index is 1.89. The summed E-state index contributed by atoms with van der Waals surface area (Å²) in [7, 11) is 1.61. The van der Waals surface area contributed by atoms with E-state index in [2.05, 4.69) is 25.3 Å². The van der Waals surface area contributed by atoms with Gasteiger partial charge in [0, 0.05) is 33.5 Å². The predicted octanol–water partition coefficient (Wildman–Crippen LogP) is 5.15. The second-order valence-electron chi connectivity index (χ2n) is 5.65. The molecule has 2 aromatic heterocycles. The molecule has 0 aliphatic carbocycles. The quantitative estimate of drug-likeness (QED) is 0.513. The zero-order valence-electron chi connectivity index (χ0n) is 14.1. The zero-order valence-corrected chi connectivity index (χ0v) is 15.7. The van der Waals surface area contributed by atoms with Gasteiger partial charge in [-0.05, 0) is 36.4 Å². The fourth-order valence-electron chi connectivity index (χ4n) is 2.62. The van der Waals surface area contributed by atoms with Crippen molar-refractivity contribution in [2.45, 2.75) is 0 Å². The molecule has 0 aliphatic heterocycles. The van der Waals surface area contributed by atoms with Crippen LogP contribution in [0.2, 0.25) is 10.0 Å². The first-order valence-corrected chi connectivity index (χ1v) is 8.73. The lowest BCUT2D eigenvalue weighted by Crippen LogP contribution is -2.01. The summed E-state index contributed by atoms with van der Waals surface area (Å²) in [5.74, 6) is 1.74. The Morgan fingerprint density at radius 3 is 2.48 bits per heavy atom. The van der Waals surface area contributed by atoms with Gasteiger partial charge in [-0.25, -0.2) is 15.0 Å². The van der Waals surface area contributed by atoms with Crippen LogP contribution >= 0.6 is 23.2 Å². The molecule has 0 atom stereocenters. The van der Waals surface area contributed by atoms with E-state index in [0.717, 1.165) is 10.9 Å². The number of ether oxygens (including phenoxy) is 1. The van der Waals surface area contributed by atoms with Crippen LogP contribution in [0.25, 0.3) is 22.4 Å². The molecule has 2 heterocycles. The lowest BCUT2D eigenvalue weighted by atomic mass is 10.2. The highest BCUT2D eigenvalue weighted by Crippen LogP contribution is 2.31. The van der Waals surface area contributed by atoms with Crippen molar-refractivity contribution in [2.75, 3.05) is 12.4 Å². The molecule has 0 fully saturated rings. The highest BCUT2D eigenvalue weighted by Gasteiger charge is 2.12. The highest BCUT2D eigenvalue weighted by molar-refractivity contribution is 6.35. The van der Waals surface area contributed by atoms with E-state index in [0.29, 0.717) is 38.8 Å². The van der Waals surface area contributed by atoms with Gasteiger partial charge in [-0.2, -0.15) is 0 Å². The van der Waals surface area contributed by atoms with Crippen molar-refractivity contribution in [1.29, 1.82) is 0 Å². The van der Waals surface area contributed by atoms with Crippen LogP contribution < -0.4 is 10.1 Å². The fraction of sp³-hybridized carbons (Fsp3) is 0.0526. The Bertz CT molecular complexity index is 1100. The molecule has 4 rings (SSSR count). The normalized spacial score (nSPS) is 10.8. The standard InChI is InChI=1S/C19H13Cl2N5O/c1-27-14-2-3-16-15(9-14)18(24-13-7-11(20)6-12(21)8-13)26-19(25-16)17-10-22-4-5-23-17/h2-10H,1H3,(H,24,25,26). The number of aromatic nitrogens is 4. The number of hydrogen-bond donors (Lipinski definition) is 1. The summed E-state index contributed by atoms with van der Waals surface area (Å²) in [5, 5.41) is 5.10. The average Bonchev–Trinajstić information content (AvgIpc) is 2.67. The Kier molecular flexibility index (Phi) is 4.75. The first-order valence-electron chi connectivity index (χ1n) is 7.98. The van der Waals surface area contributed by atoms with E-state index in [9.17, 15) is 0 Å². The number of nitrogens with zero attached hydrogens (tertiary/aromatic N) is 4. The zero-order chi connectivity index (χ0) is 18.8. The van der Waals surface area contributed by atoms with Gasteiger partial charge in [0.1, 0.15) is 17.3 Å². The lowest BCUT2D eigenvalue weighted by molar-refractivity contribution is 0.415. The van der Waals surface area contributed by atoms with E-state index in [1.54, 1.807) is 43.9 Å². The molecule has 0 saturated heterocycles. The summed E-state index contributed by atoms with van der Waals surface area (Å²) in [6.45, 7) is 0. The number of nitrogens with one attached hydrogen (secondary N) is 1. The first-order chi connectivity index (χ1) is 13.1. The minimum Gasteiger partial charge on any atom is -0.497 e. The Morgan fingerprint density at radius 1 is 0.963 bits per heavy atom. The molecule has 0 aliphatic rings. The molecule has 0 bridgehead atoms. The summed E-state index contributed by atoms with van der Waals surface area (Å²) < 4.78 is 5.33. The summed E-state index contributed by atoms with van der Waals surface area (Å²) in [6, 6.07) is 10.8. The summed E-state index contributed by atoms with van der Waals surface area (Å²) in [4.78, 5) is 17.6. The molecule has 134 valence electrons. The number of rotatable bonds is 4. The van der Waals surface area contributed by atoms with Crippen LogP contribution in [0.5, 0.6) is 5.75 Å². The Hall–Kier alpha value is -2.96. The maximum atomic E-state index is 6.11. The van der Waals surface area contributed by atoms with Crippen LogP contribution in [-0.2, 0) is 0 Å². The first kappa shape index (κ1) is 17.5. The van der Waals surface area contributed by atoms with E-state index in [-0.39, 0.29) is 0 Å². The predicted molar refractivity (Wildman–Crippen MR) is 107 cm³/mol. The summed E-state index contributed by atoms with van der Waals surface area (Å²) in [5.41, 5.74) is 2.02. The number of benzene rings is 2. The largest absolute Gasteiger partial charge is 0.497 e. The van der Waals surface area contributed by atoms with Crippen molar-refractivity contribution in [2.24, 2.45) is 0 Å². The number of anilines is 2. The van der Waals surface area contributed by atoms with E-state index < -0.39 is 0 Å². The van der Waals surface area contributed by atoms with E-state index >= 15 is 0 Å². The molecule has 1 N–H and O–H groups in total. The maximum Gasteiger partial charge on any atom is 0.182 e. The Labute approximate surface area is 165 Å². The third kappa shape index (κ3) is 3.77. The topological polar surface area (TPSA) is 72.8 Å². The minimum atomic E-state index is 0.455. The van der Waals surface area contributed by atoms with Crippen LogP contribution in [0.3, 0.4) is 0 Å². The second-order valence-corrected chi connectivity index (χ2v) is 6.53. The van der Waals surface area contributed by atoms with Crippen LogP contribution in [-0.4, -0.2) is 27.0 Å². The molecule has 27 heavy (non-hydrogen) atoms. The highest BCUT2D eigenvalue weighted by atomic mass is 35.5. The van der Waals surface area contributed by atoms with Gasteiger partial charge in [-0.3, -0.25) is 4.98 Å². The fourth-order valence-corrected chi connectivity index (χ4v) is 3.15. The van der Waals surface area contributed by atoms with E-state index in [4.69, 9.17) is 27.9 Å². The van der Waals surface area contributed by atoms with Gasteiger partial charge >= 0.3 is 0 Å². The molecule has 6 nitrogen and oxygen atoms in total. The molecule has 0 radical (unpaired) electrons. The third-order valence-electron chi connectivity index (χ3n) is 3.82. The molecule has 0 saturated carbocycles. The van der Waals surface area contributed by atoms with Crippen molar-refractivity contribution in [1.82, 2.24) is 19.9 Å². The number of halogens is 2. The van der Waals surface area contributed by atoms with Crippen molar-refractivity contribution >= 4 is 45.6 Å². The molecule has 0 unspecified atom stereocenters. The van der Waals surface area contributed by atoms with Crippen molar-refractivity contribution in [3.8, 4) is 17.3 Å². The molecule has 0 spiro atoms. The minimum absolute atomic E-state index is 0.455. The summed E-state index contributed by atoms with van der Waals surface area (Å²) in [6.07, 6.45) is 4.81. The van der Waals surface area contributed by atoms with Gasteiger partial charge in [-0.15, -0.1) is 0 Å². The van der Waals surface area contributed by atoms with Gasteiger partial charge < -0.3 is 10.1 Å². The van der Waals surface area contributed by atoms with Crippen molar-refractivity contribution in [3.63, 3.8) is 0 Å². The van der Waals surface area contributed by atoms with Gasteiger partial charge in [0.2, 0.25) is 0 Å². The smallest absolute Gasteiger partial charge is 0.182 e. The van der Waals surface area contributed by atoms with Crippen LogP contribution in [0, 0.1) is 0 Å². The summed E-state index contributed by atoms with van der Waals surface area (Å²) >= 11 is 12.2. The number of hydrogen-bond acceptors (Lipinski definition) is 6. The molecule has 2 aromatic carbocycles. The second kappa shape index (κ2) is 7.34. The van der Waals surface area contributed by atoms with Crippen LogP contribution in [0.1, 0.15) is 0 Å². The molecular weight excluding hydrogens is 385 g/mol. The third-order valence-corrected chi connectivity index (χ3v) is 4.26. The SMILES string of the molecule is COc1ccc2nc(-c3cnccn3)nc(Nc3cc(Cl)cc(Cl)c3)c2c1. The molecular formula is C19H13Cl2N5O. The van der Waals surface area contributed by atoms with E-state index in [1.165, 1.54) is 0 Å². The van der Waals surface area contributed by atoms with Crippen LogP contribution in [0.15, 0.2) is 55.0 Å². The Morgan fingerprint density at radius 2 is 1.78 bits per heavy atom. The van der Waals surface area contributed by atoms with Crippen molar-refractivity contribution in [3.05, 3.63) is 65.0 Å². The van der Waals surface area contributed by atoms with Gasteiger partial charge in [0.25, 0.3) is 0 Å². The van der Waals surface area contributed by atoms with E-state index in [1.807, 2.05) is 18.2 Å². The average molecular weight is 398 g/mol. The molecule has 0 amide bonds. The lowest BCUT2D eigenvalue weighted by Gasteiger charge is -2.12. The van der Waals surface area contributed by atoms with Gasteiger partial charge in [0.15, 0.2) is 5.82 Å². The van der Waals surface area contributed by atoms with Crippen LogP contribution in [0.4, 0.5) is 11.5 Å². The van der Waals surface area contributed by atoms with Crippen molar-refractivity contribution < 1.29 is 4.74 Å².